The van der Waals surface area contributed by atoms with E-state index in [1.165, 1.54) is 22.3 Å². The Morgan fingerprint density at radius 3 is 2.05 bits per heavy atom. The van der Waals surface area contributed by atoms with E-state index in [9.17, 15) is 0 Å². The lowest BCUT2D eigenvalue weighted by Crippen LogP contribution is -2.05. The molecule has 2 rings (SSSR count). The predicted molar refractivity (Wildman–Crippen MR) is 88.0 cm³/mol. The summed E-state index contributed by atoms with van der Waals surface area (Å²) in [5.74, 6) is 0.337. The van der Waals surface area contributed by atoms with Crippen LogP contribution in [0.15, 0.2) is 36.4 Å². The Kier molecular flexibility index (Phi) is 4.33. The van der Waals surface area contributed by atoms with Crippen molar-refractivity contribution in [1.82, 2.24) is 0 Å². The molecule has 0 amide bonds. The van der Waals surface area contributed by atoms with Crippen molar-refractivity contribution >= 4 is 11.4 Å². The summed E-state index contributed by atoms with van der Waals surface area (Å²) in [5, 5.41) is 0. The van der Waals surface area contributed by atoms with Gasteiger partial charge in [0.15, 0.2) is 0 Å². The van der Waals surface area contributed by atoms with Gasteiger partial charge in [-0.15, -0.1) is 0 Å². The van der Waals surface area contributed by atoms with Crippen LogP contribution in [-0.4, -0.2) is 0 Å². The highest BCUT2D eigenvalue weighted by Gasteiger charge is 2.15. The summed E-state index contributed by atoms with van der Waals surface area (Å²) in [6, 6.07) is 12.5. The third-order valence-corrected chi connectivity index (χ3v) is 4.03. The van der Waals surface area contributed by atoms with Crippen molar-refractivity contribution in [1.29, 1.82) is 0 Å². The summed E-state index contributed by atoms with van der Waals surface area (Å²) in [5.41, 5.74) is 18.9. The molecule has 1 unspecified atom stereocenters. The monoisotopic (exact) mass is 268 g/mol. The van der Waals surface area contributed by atoms with Crippen LogP contribution >= 0.6 is 0 Å². The van der Waals surface area contributed by atoms with Crippen LogP contribution in [0.25, 0.3) is 0 Å². The highest BCUT2D eigenvalue weighted by atomic mass is 14.5. The summed E-state index contributed by atoms with van der Waals surface area (Å²) < 4.78 is 0. The minimum absolute atomic E-state index is 0.337. The Morgan fingerprint density at radius 2 is 1.40 bits per heavy atom. The van der Waals surface area contributed by atoms with Crippen molar-refractivity contribution in [2.24, 2.45) is 0 Å². The van der Waals surface area contributed by atoms with E-state index in [0.29, 0.717) is 5.92 Å². The van der Waals surface area contributed by atoms with Gasteiger partial charge in [-0.05, 0) is 59.4 Å². The molecule has 2 aromatic carbocycles. The fourth-order valence-electron chi connectivity index (χ4n) is 2.86. The number of benzene rings is 2. The maximum absolute atomic E-state index is 5.97. The summed E-state index contributed by atoms with van der Waals surface area (Å²) in [4.78, 5) is 0. The largest absolute Gasteiger partial charge is 0.399 e. The molecule has 1 atom stereocenters. The van der Waals surface area contributed by atoms with Crippen molar-refractivity contribution in [3.05, 3.63) is 58.7 Å². The topological polar surface area (TPSA) is 52.0 Å². The number of hydrogen-bond donors (Lipinski definition) is 2. The molecule has 106 valence electrons. The van der Waals surface area contributed by atoms with Crippen LogP contribution in [0.3, 0.4) is 0 Å². The molecule has 20 heavy (non-hydrogen) atoms. The molecule has 0 aliphatic carbocycles. The Labute approximate surface area is 121 Å². The SMILES string of the molecule is CCc1cc(N)ccc1C(C)c1cc(N)ccc1CC. The van der Waals surface area contributed by atoms with Gasteiger partial charge in [-0.3, -0.25) is 0 Å². The van der Waals surface area contributed by atoms with E-state index in [-0.39, 0.29) is 0 Å². The fourth-order valence-corrected chi connectivity index (χ4v) is 2.86. The van der Waals surface area contributed by atoms with Gasteiger partial charge >= 0.3 is 0 Å². The van der Waals surface area contributed by atoms with Gasteiger partial charge in [0.2, 0.25) is 0 Å². The van der Waals surface area contributed by atoms with Crippen LogP contribution < -0.4 is 11.5 Å². The summed E-state index contributed by atoms with van der Waals surface area (Å²) in [6.45, 7) is 6.61. The molecule has 0 radical (unpaired) electrons. The summed E-state index contributed by atoms with van der Waals surface area (Å²) in [7, 11) is 0. The molecule has 0 aromatic heterocycles. The lowest BCUT2D eigenvalue weighted by atomic mass is 9.85. The zero-order valence-electron chi connectivity index (χ0n) is 12.6. The van der Waals surface area contributed by atoms with Crippen LogP contribution in [0, 0.1) is 0 Å². The predicted octanol–water partition coefficient (Wildman–Crippen LogP) is 4.13. The van der Waals surface area contributed by atoms with Crippen molar-refractivity contribution in [2.45, 2.75) is 39.5 Å². The van der Waals surface area contributed by atoms with Crippen molar-refractivity contribution in [2.75, 3.05) is 11.5 Å². The molecule has 2 heteroatoms. The van der Waals surface area contributed by atoms with Crippen molar-refractivity contribution in [3.8, 4) is 0 Å². The Hall–Kier alpha value is -1.96. The third-order valence-electron chi connectivity index (χ3n) is 4.03. The average Bonchev–Trinajstić information content (AvgIpc) is 2.46. The standard InChI is InChI=1S/C18H24N2/c1-4-13-6-7-16(20)11-18(13)12(3)17-9-8-15(19)10-14(17)5-2/h6-12H,4-5,19-20H2,1-3H3. The van der Waals surface area contributed by atoms with Crippen LogP contribution in [0.5, 0.6) is 0 Å². The molecular formula is C18H24N2. The first-order valence-electron chi connectivity index (χ1n) is 7.33. The minimum atomic E-state index is 0.337. The minimum Gasteiger partial charge on any atom is -0.399 e. The normalized spacial score (nSPS) is 12.3. The van der Waals surface area contributed by atoms with Gasteiger partial charge in [0, 0.05) is 17.3 Å². The average molecular weight is 268 g/mol. The molecule has 0 saturated heterocycles. The zero-order chi connectivity index (χ0) is 14.7. The van der Waals surface area contributed by atoms with Gasteiger partial charge in [-0.25, -0.2) is 0 Å². The Morgan fingerprint density at radius 1 is 0.800 bits per heavy atom. The van der Waals surface area contributed by atoms with E-state index < -0.39 is 0 Å². The second kappa shape index (κ2) is 6.00. The molecule has 0 spiro atoms. The lowest BCUT2D eigenvalue weighted by Gasteiger charge is -2.20. The van der Waals surface area contributed by atoms with Crippen molar-refractivity contribution in [3.63, 3.8) is 0 Å². The van der Waals surface area contributed by atoms with E-state index in [2.05, 4.69) is 45.0 Å². The first-order valence-corrected chi connectivity index (χ1v) is 7.33. The quantitative estimate of drug-likeness (QED) is 0.819. The fraction of sp³-hybridized carbons (Fsp3) is 0.333. The molecule has 0 bridgehead atoms. The molecule has 0 heterocycles. The third kappa shape index (κ3) is 2.79. The van der Waals surface area contributed by atoms with Crippen LogP contribution in [0.4, 0.5) is 11.4 Å². The van der Waals surface area contributed by atoms with Crippen LogP contribution in [0.2, 0.25) is 0 Å². The van der Waals surface area contributed by atoms with E-state index in [0.717, 1.165) is 24.2 Å². The summed E-state index contributed by atoms with van der Waals surface area (Å²) in [6.07, 6.45) is 2.02. The van der Waals surface area contributed by atoms with E-state index in [1.807, 2.05) is 12.1 Å². The molecule has 0 aliphatic rings. The maximum Gasteiger partial charge on any atom is 0.0317 e. The first kappa shape index (κ1) is 14.4. The number of hydrogen-bond acceptors (Lipinski definition) is 2. The van der Waals surface area contributed by atoms with Gasteiger partial charge in [-0.2, -0.15) is 0 Å². The number of anilines is 2. The highest BCUT2D eigenvalue weighted by Crippen LogP contribution is 2.32. The molecule has 0 fully saturated rings. The molecule has 2 nitrogen and oxygen atoms in total. The number of aryl methyl sites for hydroxylation is 2. The van der Waals surface area contributed by atoms with Gasteiger partial charge in [0.25, 0.3) is 0 Å². The zero-order valence-corrected chi connectivity index (χ0v) is 12.6. The van der Waals surface area contributed by atoms with Crippen LogP contribution in [-0.2, 0) is 12.8 Å². The Bertz CT molecular complexity index is 602. The second-order valence-corrected chi connectivity index (χ2v) is 5.35. The van der Waals surface area contributed by atoms with E-state index in [1.54, 1.807) is 0 Å². The van der Waals surface area contributed by atoms with Gasteiger partial charge in [0.1, 0.15) is 0 Å². The van der Waals surface area contributed by atoms with E-state index >= 15 is 0 Å². The molecule has 0 aliphatic heterocycles. The van der Waals surface area contributed by atoms with Gasteiger partial charge in [0.05, 0.1) is 0 Å². The van der Waals surface area contributed by atoms with Crippen molar-refractivity contribution < 1.29 is 0 Å². The first-order chi connectivity index (χ1) is 9.56. The number of nitrogen functional groups attached to an aromatic ring is 2. The number of rotatable bonds is 4. The number of nitrogens with two attached hydrogens (primary N) is 2. The van der Waals surface area contributed by atoms with Gasteiger partial charge in [-0.1, -0.05) is 32.9 Å². The van der Waals surface area contributed by atoms with E-state index in [4.69, 9.17) is 11.5 Å². The maximum atomic E-state index is 5.97. The van der Waals surface area contributed by atoms with Crippen LogP contribution in [0.1, 0.15) is 48.9 Å². The Balaban J connectivity index is 2.51. The molecular weight excluding hydrogens is 244 g/mol. The smallest absolute Gasteiger partial charge is 0.0317 e. The molecule has 4 N–H and O–H groups in total. The summed E-state index contributed by atoms with van der Waals surface area (Å²) >= 11 is 0. The highest BCUT2D eigenvalue weighted by molar-refractivity contribution is 5.52. The van der Waals surface area contributed by atoms with Gasteiger partial charge < -0.3 is 11.5 Å². The second-order valence-electron chi connectivity index (χ2n) is 5.35. The lowest BCUT2D eigenvalue weighted by molar-refractivity contribution is 0.872. The molecule has 0 saturated carbocycles. The molecule has 2 aromatic rings.